The first kappa shape index (κ1) is 21.2. The Labute approximate surface area is 181 Å². The summed E-state index contributed by atoms with van der Waals surface area (Å²) in [4.78, 5) is 0. The number of hydrogen-bond acceptors (Lipinski definition) is 0. The van der Waals surface area contributed by atoms with Crippen LogP contribution in [0.2, 0.25) is 0 Å². The maximum absolute atomic E-state index is 14.8. The number of hydrogen-bond donors (Lipinski definition) is 0. The van der Waals surface area contributed by atoms with Gasteiger partial charge in [0.15, 0.2) is 17.5 Å². The second kappa shape index (κ2) is 9.38. The summed E-state index contributed by atoms with van der Waals surface area (Å²) >= 11 is 0. The van der Waals surface area contributed by atoms with E-state index in [1.165, 1.54) is 30.0 Å². The maximum Gasteiger partial charge on any atom is 0.195 e. The van der Waals surface area contributed by atoms with Crippen molar-refractivity contribution in [2.75, 3.05) is 0 Å². The summed E-state index contributed by atoms with van der Waals surface area (Å²) in [6, 6.07) is 22.5. The van der Waals surface area contributed by atoms with Gasteiger partial charge >= 0.3 is 0 Å². The Morgan fingerprint density at radius 2 is 1.35 bits per heavy atom. The Morgan fingerprint density at radius 1 is 0.645 bits per heavy atom. The van der Waals surface area contributed by atoms with Gasteiger partial charge in [-0.2, -0.15) is 0 Å². The molecule has 0 aliphatic heterocycles. The van der Waals surface area contributed by atoms with Crippen molar-refractivity contribution in [2.24, 2.45) is 0 Å². The molecule has 4 aromatic carbocycles. The molecule has 0 N–H and O–H groups in total. The fraction of sp³-hybridized carbons (Fsp3) is 0.214. The van der Waals surface area contributed by atoms with Crippen LogP contribution in [0, 0.1) is 17.5 Å². The summed E-state index contributed by atoms with van der Waals surface area (Å²) in [5.41, 5.74) is 4.18. The normalized spacial score (nSPS) is 11.2. The van der Waals surface area contributed by atoms with Crippen molar-refractivity contribution in [3.05, 3.63) is 107 Å². The smallest absolute Gasteiger partial charge is 0.195 e. The zero-order valence-electron chi connectivity index (χ0n) is 17.6. The summed E-state index contributed by atoms with van der Waals surface area (Å²) in [7, 11) is 0. The third-order valence-electron chi connectivity index (χ3n) is 5.84. The average Bonchev–Trinajstić information content (AvgIpc) is 2.80. The molecule has 3 heteroatoms. The first-order chi connectivity index (χ1) is 15.1. The molecule has 0 radical (unpaired) electrons. The highest BCUT2D eigenvalue weighted by molar-refractivity contribution is 5.98. The Hall–Kier alpha value is -3.07. The molecule has 0 aliphatic carbocycles. The predicted molar refractivity (Wildman–Crippen MR) is 122 cm³/mol. The van der Waals surface area contributed by atoms with Crippen molar-refractivity contribution in [2.45, 2.75) is 39.0 Å². The van der Waals surface area contributed by atoms with E-state index in [1.54, 1.807) is 0 Å². The van der Waals surface area contributed by atoms with Crippen LogP contribution in [-0.2, 0) is 19.3 Å². The molecule has 4 aromatic rings. The summed E-state index contributed by atoms with van der Waals surface area (Å²) < 4.78 is 42.3. The predicted octanol–water partition coefficient (Wildman–Crippen LogP) is 8.05. The molecule has 0 spiro atoms. The zero-order valence-corrected chi connectivity index (χ0v) is 17.6. The number of rotatable bonds is 7. The lowest BCUT2D eigenvalue weighted by Crippen LogP contribution is -2.00. The molecule has 0 bridgehead atoms. The lowest BCUT2D eigenvalue weighted by atomic mass is 9.90. The van der Waals surface area contributed by atoms with Crippen LogP contribution in [0.5, 0.6) is 0 Å². The molecule has 0 unspecified atom stereocenters. The number of halogens is 3. The Bertz CT molecular complexity index is 1190. The van der Waals surface area contributed by atoms with Gasteiger partial charge in [0.1, 0.15) is 0 Å². The van der Waals surface area contributed by atoms with E-state index < -0.39 is 17.5 Å². The van der Waals surface area contributed by atoms with Gasteiger partial charge in [0.05, 0.1) is 0 Å². The van der Waals surface area contributed by atoms with Crippen LogP contribution in [0.15, 0.2) is 72.8 Å². The molecule has 0 fully saturated rings. The second-order valence-electron chi connectivity index (χ2n) is 7.96. The Kier molecular flexibility index (Phi) is 6.41. The van der Waals surface area contributed by atoms with Crippen molar-refractivity contribution < 1.29 is 13.2 Å². The SMILES string of the molecule is CCCCc1ccc(CCc2ccc3ccccc3c2-c2ccc(F)c(F)c2F)cc1. The third kappa shape index (κ3) is 4.51. The van der Waals surface area contributed by atoms with Crippen LogP contribution in [0.4, 0.5) is 13.2 Å². The molecule has 0 atom stereocenters. The summed E-state index contributed by atoms with van der Waals surface area (Å²) in [5.74, 6) is -3.75. The number of benzene rings is 4. The lowest BCUT2D eigenvalue weighted by molar-refractivity contribution is 0.449. The van der Waals surface area contributed by atoms with Crippen LogP contribution in [0.25, 0.3) is 21.9 Å². The van der Waals surface area contributed by atoms with Crippen LogP contribution >= 0.6 is 0 Å². The molecular formula is C28H25F3. The van der Waals surface area contributed by atoms with Gasteiger partial charge in [-0.05, 0) is 70.8 Å². The van der Waals surface area contributed by atoms with Gasteiger partial charge in [0.2, 0.25) is 0 Å². The number of aryl methyl sites for hydroxylation is 3. The molecule has 31 heavy (non-hydrogen) atoms. The van der Waals surface area contributed by atoms with E-state index in [2.05, 4.69) is 31.2 Å². The number of unbranched alkanes of at least 4 members (excludes halogenated alkanes) is 1. The first-order valence-corrected chi connectivity index (χ1v) is 10.8. The summed E-state index contributed by atoms with van der Waals surface area (Å²) in [6.07, 6.45) is 4.89. The van der Waals surface area contributed by atoms with Gasteiger partial charge < -0.3 is 0 Å². The van der Waals surface area contributed by atoms with E-state index in [9.17, 15) is 13.2 Å². The van der Waals surface area contributed by atoms with Crippen molar-refractivity contribution >= 4 is 10.8 Å². The topological polar surface area (TPSA) is 0 Å². The van der Waals surface area contributed by atoms with E-state index in [1.807, 2.05) is 36.4 Å². The molecule has 0 saturated heterocycles. The lowest BCUT2D eigenvalue weighted by Gasteiger charge is -2.15. The minimum absolute atomic E-state index is 0.0978. The standard InChI is InChI=1S/C28H25F3/c1-2-3-6-19-9-11-20(12-10-19)13-14-22-16-15-21-7-4-5-8-23(21)26(22)24-17-18-25(29)28(31)27(24)30/h4-5,7-12,15-18H,2-3,6,13-14H2,1H3. The van der Waals surface area contributed by atoms with Crippen LogP contribution in [-0.4, -0.2) is 0 Å². The molecule has 0 saturated carbocycles. The van der Waals surface area contributed by atoms with Gasteiger partial charge in [0.25, 0.3) is 0 Å². The van der Waals surface area contributed by atoms with Gasteiger partial charge in [-0.15, -0.1) is 0 Å². The second-order valence-corrected chi connectivity index (χ2v) is 7.96. The minimum Gasteiger partial charge on any atom is -0.204 e. The molecule has 0 heterocycles. The third-order valence-corrected chi connectivity index (χ3v) is 5.84. The van der Waals surface area contributed by atoms with Crippen molar-refractivity contribution in [3.8, 4) is 11.1 Å². The molecular weight excluding hydrogens is 393 g/mol. The monoisotopic (exact) mass is 418 g/mol. The molecule has 158 valence electrons. The van der Waals surface area contributed by atoms with Crippen molar-refractivity contribution in [1.82, 2.24) is 0 Å². The van der Waals surface area contributed by atoms with Crippen molar-refractivity contribution in [3.63, 3.8) is 0 Å². The van der Waals surface area contributed by atoms with Crippen LogP contribution in [0.1, 0.15) is 36.5 Å². The molecule has 0 amide bonds. The van der Waals surface area contributed by atoms with Crippen LogP contribution in [0.3, 0.4) is 0 Å². The van der Waals surface area contributed by atoms with Crippen LogP contribution < -0.4 is 0 Å². The summed E-state index contributed by atoms with van der Waals surface area (Å²) in [6.45, 7) is 2.19. The van der Waals surface area contributed by atoms with Gasteiger partial charge in [-0.1, -0.05) is 74.0 Å². The first-order valence-electron chi connectivity index (χ1n) is 10.8. The minimum atomic E-state index is -1.43. The number of fused-ring (bicyclic) bond motifs is 1. The van der Waals surface area contributed by atoms with Gasteiger partial charge in [0, 0.05) is 5.56 Å². The fourth-order valence-corrected chi connectivity index (χ4v) is 4.09. The van der Waals surface area contributed by atoms with Gasteiger partial charge in [-0.25, -0.2) is 13.2 Å². The highest BCUT2D eigenvalue weighted by Crippen LogP contribution is 2.35. The Balaban J connectivity index is 1.70. The molecule has 0 nitrogen and oxygen atoms in total. The van der Waals surface area contributed by atoms with E-state index in [4.69, 9.17) is 0 Å². The highest BCUT2D eigenvalue weighted by Gasteiger charge is 2.19. The molecule has 0 aromatic heterocycles. The van der Waals surface area contributed by atoms with E-state index in [-0.39, 0.29) is 5.56 Å². The zero-order chi connectivity index (χ0) is 21.8. The summed E-state index contributed by atoms with van der Waals surface area (Å²) in [5, 5.41) is 1.77. The average molecular weight is 419 g/mol. The maximum atomic E-state index is 14.8. The fourth-order valence-electron chi connectivity index (χ4n) is 4.09. The molecule has 4 rings (SSSR count). The van der Waals surface area contributed by atoms with Gasteiger partial charge in [-0.3, -0.25) is 0 Å². The molecule has 0 aliphatic rings. The van der Waals surface area contributed by atoms with E-state index >= 15 is 0 Å². The van der Waals surface area contributed by atoms with E-state index in [0.717, 1.165) is 35.2 Å². The van der Waals surface area contributed by atoms with E-state index in [0.29, 0.717) is 12.0 Å². The van der Waals surface area contributed by atoms with Crippen molar-refractivity contribution in [1.29, 1.82) is 0 Å². The highest BCUT2D eigenvalue weighted by atomic mass is 19.2. The quantitative estimate of drug-likeness (QED) is 0.266. The Morgan fingerprint density at radius 3 is 2.10 bits per heavy atom. The largest absolute Gasteiger partial charge is 0.204 e.